The smallest absolute Gasteiger partial charge is 0.295 e. The second-order valence-electron chi connectivity index (χ2n) is 8.62. The van der Waals surface area contributed by atoms with Crippen molar-refractivity contribution in [2.24, 2.45) is 0 Å². The predicted octanol–water partition coefficient (Wildman–Crippen LogP) is 5.16. The number of hydrogen-bond acceptors (Lipinski definition) is 5. The summed E-state index contributed by atoms with van der Waals surface area (Å²) in [6.07, 6.45) is 2.50. The number of likely N-dealkylation sites (tertiary alicyclic amines) is 1. The molecule has 1 aliphatic heterocycles. The molecule has 0 bridgehead atoms. The van der Waals surface area contributed by atoms with Crippen LogP contribution in [0.25, 0.3) is 5.76 Å². The van der Waals surface area contributed by atoms with Crippen LogP contribution >= 0.6 is 0 Å². The van der Waals surface area contributed by atoms with Crippen LogP contribution < -0.4 is 4.74 Å². The van der Waals surface area contributed by atoms with Crippen LogP contribution in [0.1, 0.15) is 57.2 Å². The van der Waals surface area contributed by atoms with E-state index in [9.17, 15) is 19.1 Å². The van der Waals surface area contributed by atoms with Gasteiger partial charge in [-0.3, -0.25) is 9.59 Å². The van der Waals surface area contributed by atoms with Crippen molar-refractivity contribution >= 4 is 17.4 Å². The molecule has 0 aliphatic carbocycles. The van der Waals surface area contributed by atoms with Crippen LogP contribution in [-0.2, 0) is 9.59 Å². The van der Waals surface area contributed by atoms with E-state index in [-0.39, 0.29) is 23.4 Å². The molecule has 35 heavy (non-hydrogen) atoms. The summed E-state index contributed by atoms with van der Waals surface area (Å²) in [6, 6.07) is 11.8. The summed E-state index contributed by atoms with van der Waals surface area (Å²) in [4.78, 5) is 29.8. The lowest BCUT2D eigenvalue weighted by molar-refractivity contribution is -0.140. The van der Waals surface area contributed by atoms with Crippen LogP contribution in [0.2, 0.25) is 0 Å². The number of ketones is 1. The molecule has 1 atom stereocenters. The fourth-order valence-corrected chi connectivity index (χ4v) is 4.36. The van der Waals surface area contributed by atoms with Crippen molar-refractivity contribution in [1.82, 2.24) is 9.80 Å². The van der Waals surface area contributed by atoms with E-state index < -0.39 is 23.5 Å². The number of halogens is 1. The standard InChI is InChI=1S/C28H35FN2O4/c1-4-7-18-35-21-13-10-12-20(19-21)26(32)24-25(22-14-8-9-15-23(22)29)31(28(34)27(24)33)17-11-16-30(5-2)6-3/h8-10,12-15,19,25,32H,4-7,11,16-18H2,1-3H3/b26-24+. The molecule has 3 rings (SSSR count). The summed E-state index contributed by atoms with van der Waals surface area (Å²) < 4.78 is 20.7. The number of benzene rings is 2. The molecule has 7 heteroatoms. The van der Waals surface area contributed by atoms with Gasteiger partial charge in [-0.15, -0.1) is 0 Å². The fourth-order valence-electron chi connectivity index (χ4n) is 4.36. The lowest BCUT2D eigenvalue weighted by Crippen LogP contribution is -2.33. The molecular formula is C28H35FN2O4. The highest BCUT2D eigenvalue weighted by Gasteiger charge is 2.46. The van der Waals surface area contributed by atoms with Gasteiger partial charge < -0.3 is 19.6 Å². The molecule has 188 valence electrons. The van der Waals surface area contributed by atoms with Crippen LogP contribution in [0.5, 0.6) is 5.75 Å². The van der Waals surface area contributed by atoms with Gasteiger partial charge in [-0.25, -0.2) is 4.39 Å². The van der Waals surface area contributed by atoms with Gasteiger partial charge in [0.05, 0.1) is 18.2 Å². The van der Waals surface area contributed by atoms with Gasteiger partial charge >= 0.3 is 0 Å². The van der Waals surface area contributed by atoms with Crippen LogP contribution in [0, 0.1) is 5.82 Å². The number of nitrogens with zero attached hydrogens (tertiary/aromatic N) is 2. The van der Waals surface area contributed by atoms with Gasteiger partial charge in [0.2, 0.25) is 0 Å². The lowest BCUT2D eigenvalue weighted by Gasteiger charge is -2.27. The van der Waals surface area contributed by atoms with Crippen LogP contribution in [-0.4, -0.2) is 59.4 Å². The maximum Gasteiger partial charge on any atom is 0.295 e. The van der Waals surface area contributed by atoms with Crippen molar-refractivity contribution in [3.05, 3.63) is 71.0 Å². The van der Waals surface area contributed by atoms with E-state index in [2.05, 4.69) is 25.7 Å². The van der Waals surface area contributed by atoms with Crippen molar-refractivity contribution < 1.29 is 23.8 Å². The second-order valence-corrected chi connectivity index (χ2v) is 8.62. The number of carbonyl (C=O) groups excluding carboxylic acids is 2. The molecular weight excluding hydrogens is 447 g/mol. The summed E-state index contributed by atoms with van der Waals surface area (Å²) in [6.45, 7) is 9.51. The third-order valence-corrected chi connectivity index (χ3v) is 6.38. The zero-order chi connectivity index (χ0) is 25.4. The summed E-state index contributed by atoms with van der Waals surface area (Å²) in [7, 11) is 0. The van der Waals surface area contributed by atoms with E-state index in [4.69, 9.17) is 4.74 Å². The number of rotatable bonds is 12. The van der Waals surface area contributed by atoms with Gasteiger partial charge in [-0.2, -0.15) is 0 Å². The Morgan fingerprint density at radius 3 is 2.49 bits per heavy atom. The van der Waals surface area contributed by atoms with Gasteiger partial charge in [-0.1, -0.05) is 57.5 Å². The van der Waals surface area contributed by atoms with Crippen molar-refractivity contribution in [1.29, 1.82) is 0 Å². The molecule has 6 nitrogen and oxygen atoms in total. The first-order valence-electron chi connectivity index (χ1n) is 12.4. The normalized spacial score (nSPS) is 17.4. The van der Waals surface area contributed by atoms with E-state index in [0.29, 0.717) is 24.3 Å². The Morgan fingerprint density at radius 2 is 1.80 bits per heavy atom. The van der Waals surface area contributed by atoms with Gasteiger partial charge in [0.25, 0.3) is 11.7 Å². The fraction of sp³-hybridized carbons (Fsp3) is 0.429. The Bertz CT molecular complexity index is 1060. The number of Topliss-reactive ketones (excluding diaryl/α,β-unsaturated/α-hetero) is 1. The number of carbonyl (C=O) groups is 2. The molecule has 1 unspecified atom stereocenters. The zero-order valence-electron chi connectivity index (χ0n) is 20.8. The summed E-state index contributed by atoms with van der Waals surface area (Å²) in [5.74, 6) is -1.84. The molecule has 1 N–H and O–H groups in total. The van der Waals surface area contributed by atoms with E-state index in [0.717, 1.165) is 32.5 Å². The number of amides is 1. The first kappa shape index (κ1) is 26.4. The van der Waals surface area contributed by atoms with Gasteiger partial charge in [-0.05, 0) is 50.7 Å². The summed E-state index contributed by atoms with van der Waals surface area (Å²) >= 11 is 0. The van der Waals surface area contributed by atoms with E-state index >= 15 is 0 Å². The van der Waals surface area contributed by atoms with Gasteiger partial charge in [0.15, 0.2) is 0 Å². The van der Waals surface area contributed by atoms with Crippen molar-refractivity contribution in [2.45, 2.75) is 46.1 Å². The van der Waals surface area contributed by atoms with E-state index in [1.54, 1.807) is 42.5 Å². The third-order valence-electron chi connectivity index (χ3n) is 6.38. The molecule has 1 amide bonds. The Hall–Kier alpha value is -3.19. The topological polar surface area (TPSA) is 70.1 Å². The average Bonchev–Trinajstić information content (AvgIpc) is 3.11. The quantitative estimate of drug-likeness (QED) is 0.196. The first-order valence-corrected chi connectivity index (χ1v) is 12.4. The van der Waals surface area contributed by atoms with Crippen LogP contribution in [0.15, 0.2) is 54.1 Å². The monoisotopic (exact) mass is 482 g/mol. The van der Waals surface area contributed by atoms with Crippen LogP contribution in [0.4, 0.5) is 4.39 Å². The molecule has 0 radical (unpaired) electrons. The van der Waals surface area contributed by atoms with Crippen molar-refractivity contribution in [2.75, 3.05) is 32.8 Å². The molecule has 0 aromatic heterocycles. The largest absolute Gasteiger partial charge is 0.507 e. The minimum atomic E-state index is -1.00. The molecule has 1 heterocycles. The number of unbranched alkanes of at least 4 members (excludes halogenated alkanes) is 1. The summed E-state index contributed by atoms with van der Waals surface area (Å²) in [5.41, 5.74) is 0.432. The Kier molecular flexibility index (Phi) is 9.43. The first-order chi connectivity index (χ1) is 16.9. The molecule has 2 aromatic rings. The highest BCUT2D eigenvalue weighted by molar-refractivity contribution is 6.46. The van der Waals surface area contributed by atoms with Crippen molar-refractivity contribution in [3.63, 3.8) is 0 Å². The molecule has 1 saturated heterocycles. The van der Waals surface area contributed by atoms with Crippen LogP contribution in [0.3, 0.4) is 0 Å². The minimum absolute atomic E-state index is 0.103. The molecule has 1 fully saturated rings. The van der Waals surface area contributed by atoms with E-state index in [1.165, 1.54) is 11.0 Å². The van der Waals surface area contributed by atoms with E-state index in [1.807, 2.05) is 0 Å². The lowest BCUT2D eigenvalue weighted by atomic mass is 9.95. The Labute approximate surface area is 207 Å². The van der Waals surface area contributed by atoms with Gasteiger partial charge in [0, 0.05) is 17.7 Å². The average molecular weight is 483 g/mol. The Morgan fingerprint density at radius 1 is 1.06 bits per heavy atom. The SMILES string of the molecule is CCCCOc1cccc(/C(O)=C2\C(=O)C(=O)N(CCCN(CC)CC)C2c2ccccc2F)c1. The maximum atomic E-state index is 14.9. The summed E-state index contributed by atoms with van der Waals surface area (Å²) in [5, 5.41) is 11.2. The minimum Gasteiger partial charge on any atom is -0.507 e. The highest BCUT2D eigenvalue weighted by atomic mass is 19.1. The third kappa shape index (κ3) is 6.09. The van der Waals surface area contributed by atoms with Crippen molar-refractivity contribution in [3.8, 4) is 5.75 Å². The molecule has 0 spiro atoms. The number of hydrogen-bond donors (Lipinski definition) is 1. The number of aliphatic hydroxyl groups excluding tert-OH is 1. The molecule has 2 aromatic carbocycles. The highest BCUT2D eigenvalue weighted by Crippen LogP contribution is 2.40. The molecule has 0 saturated carbocycles. The predicted molar refractivity (Wildman–Crippen MR) is 135 cm³/mol. The second kappa shape index (κ2) is 12.5. The maximum absolute atomic E-state index is 14.9. The molecule has 1 aliphatic rings. The number of aliphatic hydroxyl groups is 1. The van der Waals surface area contributed by atoms with Gasteiger partial charge in [0.1, 0.15) is 17.3 Å². The number of ether oxygens (including phenoxy) is 1. The zero-order valence-corrected chi connectivity index (χ0v) is 20.8. The Balaban J connectivity index is 2.00.